The molecule has 0 unspecified atom stereocenters. The zero-order chi connectivity index (χ0) is 15.6. The first kappa shape index (κ1) is 16.5. The normalized spacial score (nSPS) is 11.9. The summed E-state index contributed by atoms with van der Waals surface area (Å²) < 4.78 is 58.0. The quantitative estimate of drug-likeness (QED) is 0.367. The van der Waals surface area contributed by atoms with Gasteiger partial charge in [0.2, 0.25) is 0 Å². The Labute approximate surface area is 119 Å². The van der Waals surface area contributed by atoms with Gasteiger partial charge in [0.05, 0.1) is 0 Å². The Kier molecular flexibility index (Phi) is 4.82. The smallest absolute Gasteiger partial charge is 0.417 e. The van der Waals surface area contributed by atoms with E-state index < -0.39 is 34.2 Å². The summed E-state index contributed by atoms with van der Waals surface area (Å²) in [6, 6.07) is 4.28. The van der Waals surface area contributed by atoms with Crippen molar-refractivity contribution in [3.05, 3.63) is 24.3 Å². The Balaban J connectivity index is 2.95. The van der Waals surface area contributed by atoms with Gasteiger partial charge in [0.1, 0.15) is 0 Å². The van der Waals surface area contributed by atoms with E-state index in [0.717, 1.165) is 12.1 Å². The van der Waals surface area contributed by atoms with Crippen molar-refractivity contribution < 1.29 is 36.6 Å². The highest BCUT2D eigenvalue weighted by molar-refractivity contribution is 6.32. The van der Waals surface area contributed by atoms with Crippen molar-refractivity contribution in [3.8, 4) is 11.5 Å². The molecule has 0 radical (unpaired) electrons. The standard InChI is InChI=1S/C10H4Cl2F4O4/c11-9(13,14)7(17)19-5-3-1-2-4-6(5)20-8(18)10(12,15)16/h1-4H. The molecule has 0 saturated carbocycles. The largest absolute Gasteiger partial charge is 0.418 e. The first-order valence-corrected chi connectivity index (χ1v) is 5.44. The number of ether oxygens (including phenoxy) is 2. The van der Waals surface area contributed by atoms with Gasteiger partial charge in [-0.2, -0.15) is 17.6 Å². The second kappa shape index (κ2) is 5.84. The third-order valence-electron chi connectivity index (χ3n) is 1.72. The number of para-hydroxylation sites is 2. The maximum atomic E-state index is 12.4. The summed E-state index contributed by atoms with van der Waals surface area (Å²) >= 11 is 8.81. The predicted octanol–water partition coefficient (Wildman–Crippen LogP) is 3.16. The van der Waals surface area contributed by atoms with Gasteiger partial charge >= 0.3 is 22.7 Å². The number of carbonyl (C=O) groups excluding carboxylic acids is 2. The molecule has 20 heavy (non-hydrogen) atoms. The maximum Gasteiger partial charge on any atom is 0.418 e. The van der Waals surface area contributed by atoms with Crippen molar-refractivity contribution >= 4 is 35.1 Å². The Morgan fingerprint density at radius 1 is 0.850 bits per heavy atom. The van der Waals surface area contributed by atoms with Crippen LogP contribution in [0.15, 0.2) is 24.3 Å². The molecule has 0 amide bonds. The highest BCUT2D eigenvalue weighted by Crippen LogP contribution is 2.32. The zero-order valence-electron chi connectivity index (χ0n) is 9.21. The number of rotatable bonds is 4. The van der Waals surface area contributed by atoms with Crippen LogP contribution in [-0.2, 0) is 9.59 Å². The zero-order valence-corrected chi connectivity index (χ0v) is 10.7. The van der Waals surface area contributed by atoms with Crippen LogP contribution >= 0.6 is 23.2 Å². The molecule has 0 atom stereocenters. The van der Waals surface area contributed by atoms with E-state index >= 15 is 0 Å². The van der Waals surface area contributed by atoms with E-state index in [1.807, 2.05) is 0 Å². The number of esters is 2. The molecule has 0 aliphatic rings. The SMILES string of the molecule is O=C(Oc1ccccc1OC(=O)C(F)(F)Cl)C(F)(F)Cl. The van der Waals surface area contributed by atoms with Crippen molar-refractivity contribution in [1.82, 2.24) is 0 Å². The van der Waals surface area contributed by atoms with E-state index in [-0.39, 0.29) is 0 Å². The molecule has 110 valence electrons. The minimum Gasteiger partial charge on any atom is -0.417 e. The minimum atomic E-state index is -4.33. The number of hydrogen-bond donors (Lipinski definition) is 0. The molecule has 0 aliphatic carbocycles. The second-order valence-electron chi connectivity index (χ2n) is 3.22. The minimum absolute atomic E-state index is 0.702. The molecule has 0 bridgehead atoms. The van der Waals surface area contributed by atoms with Crippen LogP contribution in [-0.4, -0.2) is 22.7 Å². The maximum absolute atomic E-state index is 12.4. The molecular weight excluding hydrogens is 331 g/mol. The predicted molar refractivity (Wildman–Crippen MR) is 59.3 cm³/mol. The van der Waals surface area contributed by atoms with Gasteiger partial charge in [-0.15, -0.1) is 0 Å². The second-order valence-corrected chi connectivity index (χ2v) is 4.17. The van der Waals surface area contributed by atoms with E-state index in [1.54, 1.807) is 0 Å². The van der Waals surface area contributed by atoms with Crippen molar-refractivity contribution in [1.29, 1.82) is 0 Å². The lowest BCUT2D eigenvalue weighted by molar-refractivity contribution is -0.153. The third kappa shape index (κ3) is 4.53. The lowest BCUT2D eigenvalue weighted by Gasteiger charge is -2.13. The molecule has 1 rings (SSSR count). The molecule has 0 saturated heterocycles. The number of carbonyl (C=O) groups is 2. The van der Waals surface area contributed by atoms with Gasteiger partial charge in [0.15, 0.2) is 11.5 Å². The molecule has 1 aromatic carbocycles. The van der Waals surface area contributed by atoms with Gasteiger partial charge < -0.3 is 9.47 Å². The van der Waals surface area contributed by atoms with Gasteiger partial charge in [0, 0.05) is 0 Å². The van der Waals surface area contributed by atoms with E-state index in [2.05, 4.69) is 32.7 Å². The highest BCUT2D eigenvalue weighted by Gasteiger charge is 2.41. The average molecular weight is 335 g/mol. The number of halogens is 6. The molecule has 4 nitrogen and oxygen atoms in total. The molecule has 0 aliphatic heterocycles. The Bertz CT molecular complexity index is 478. The summed E-state index contributed by atoms with van der Waals surface area (Å²) in [4.78, 5) is 21.7. The fraction of sp³-hybridized carbons (Fsp3) is 0.200. The van der Waals surface area contributed by atoms with E-state index in [0.29, 0.717) is 0 Å². The Morgan fingerprint density at radius 3 is 1.40 bits per heavy atom. The highest BCUT2D eigenvalue weighted by atomic mass is 35.5. The summed E-state index contributed by atoms with van der Waals surface area (Å²) in [5.41, 5.74) is 0. The third-order valence-corrected chi connectivity index (χ3v) is 2.03. The van der Waals surface area contributed by atoms with Crippen LogP contribution in [0, 0.1) is 0 Å². The number of alkyl halides is 6. The van der Waals surface area contributed by atoms with E-state index in [1.165, 1.54) is 12.1 Å². The van der Waals surface area contributed by atoms with Crippen LogP contribution in [0.4, 0.5) is 17.6 Å². The van der Waals surface area contributed by atoms with Crippen molar-refractivity contribution in [3.63, 3.8) is 0 Å². The molecule has 0 fully saturated rings. The van der Waals surface area contributed by atoms with Crippen molar-refractivity contribution in [2.75, 3.05) is 0 Å². The lowest BCUT2D eigenvalue weighted by Crippen LogP contribution is -2.29. The molecule has 10 heteroatoms. The summed E-state index contributed by atoms with van der Waals surface area (Å²) in [5.74, 6) is -5.74. The van der Waals surface area contributed by atoms with Crippen LogP contribution in [0.5, 0.6) is 11.5 Å². The van der Waals surface area contributed by atoms with Crippen LogP contribution < -0.4 is 9.47 Å². The number of benzene rings is 1. The lowest BCUT2D eigenvalue weighted by atomic mass is 10.3. The van der Waals surface area contributed by atoms with Gasteiger partial charge in [-0.3, -0.25) is 0 Å². The van der Waals surface area contributed by atoms with Crippen LogP contribution in [0.2, 0.25) is 0 Å². The molecule has 0 spiro atoms. The van der Waals surface area contributed by atoms with E-state index in [4.69, 9.17) is 0 Å². The van der Waals surface area contributed by atoms with Gasteiger partial charge in [-0.05, 0) is 35.3 Å². The first-order valence-electron chi connectivity index (χ1n) is 4.69. The first-order chi connectivity index (χ1) is 9.01. The average Bonchev–Trinajstić information content (AvgIpc) is 2.29. The van der Waals surface area contributed by atoms with Gasteiger partial charge in [0.25, 0.3) is 0 Å². The van der Waals surface area contributed by atoms with E-state index in [9.17, 15) is 27.2 Å². The van der Waals surface area contributed by atoms with Crippen molar-refractivity contribution in [2.24, 2.45) is 0 Å². The van der Waals surface area contributed by atoms with Crippen LogP contribution in [0.1, 0.15) is 0 Å². The molecule has 1 aromatic rings. The Morgan fingerprint density at radius 2 is 1.15 bits per heavy atom. The Hall–Kier alpha value is -1.54. The van der Waals surface area contributed by atoms with Gasteiger partial charge in [-0.1, -0.05) is 12.1 Å². The molecule has 0 heterocycles. The fourth-order valence-electron chi connectivity index (χ4n) is 0.934. The monoisotopic (exact) mass is 334 g/mol. The number of hydrogen-bond acceptors (Lipinski definition) is 4. The fourth-order valence-corrected chi connectivity index (χ4v) is 1.01. The van der Waals surface area contributed by atoms with Crippen LogP contribution in [0.25, 0.3) is 0 Å². The van der Waals surface area contributed by atoms with Crippen LogP contribution in [0.3, 0.4) is 0 Å². The summed E-state index contributed by atoms with van der Waals surface area (Å²) in [5, 5.41) is -8.65. The summed E-state index contributed by atoms with van der Waals surface area (Å²) in [6.45, 7) is 0. The summed E-state index contributed by atoms with van der Waals surface area (Å²) in [6.07, 6.45) is 0. The topological polar surface area (TPSA) is 52.6 Å². The molecule has 0 aromatic heterocycles. The molecular formula is C10H4Cl2F4O4. The van der Waals surface area contributed by atoms with Gasteiger partial charge in [-0.25, -0.2) is 9.59 Å². The summed E-state index contributed by atoms with van der Waals surface area (Å²) in [7, 11) is 0. The molecule has 0 N–H and O–H groups in total. The van der Waals surface area contributed by atoms with Crippen molar-refractivity contribution in [2.45, 2.75) is 10.8 Å².